The average Bonchev–Trinajstić information content (AvgIpc) is 3.28. The van der Waals surface area contributed by atoms with Gasteiger partial charge in [0.25, 0.3) is 0 Å². The van der Waals surface area contributed by atoms with E-state index in [1.807, 2.05) is 29.2 Å². The Bertz CT molecular complexity index is 1100. The number of nitrogens with zero attached hydrogens (tertiary/aromatic N) is 2. The standard InChI is InChI=1S/C24H24FN3O4/c1-32-17-9-7-15(8-10-17)11-13-28-22(30)24(21(29)26-23(28)31)14-16-4-2-5-18(25)20(16)27-12-3-6-19(24)27/h2,4-5,7-10,19H,3,6,11-14H2,1H3,(H,26,29,31)/t19-,24+/m1/s1. The lowest BCUT2D eigenvalue weighted by Crippen LogP contribution is -2.71. The van der Waals surface area contributed by atoms with E-state index in [9.17, 15) is 18.8 Å². The van der Waals surface area contributed by atoms with Crippen molar-refractivity contribution in [2.24, 2.45) is 5.41 Å². The molecule has 0 saturated carbocycles. The van der Waals surface area contributed by atoms with Gasteiger partial charge in [-0.1, -0.05) is 24.3 Å². The number of hydrogen-bond acceptors (Lipinski definition) is 5. The third-order valence-electron chi connectivity index (χ3n) is 6.93. The fourth-order valence-electron chi connectivity index (χ4n) is 5.38. The number of ether oxygens (including phenoxy) is 1. The van der Waals surface area contributed by atoms with Gasteiger partial charge in [0.1, 0.15) is 11.6 Å². The molecule has 0 unspecified atom stereocenters. The normalized spacial score (nSPS) is 24.4. The van der Waals surface area contributed by atoms with Crippen molar-refractivity contribution in [2.45, 2.75) is 31.7 Å². The number of anilines is 1. The summed E-state index contributed by atoms with van der Waals surface area (Å²) in [5.41, 5.74) is 0.598. The van der Waals surface area contributed by atoms with E-state index in [1.54, 1.807) is 19.2 Å². The summed E-state index contributed by atoms with van der Waals surface area (Å²) in [5, 5.41) is 2.42. The minimum Gasteiger partial charge on any atom is -0.497 e. The third kappa shape index (κ3) is 2.97. The summed E-state index contributed by atoms with van der Waals surface area (Å²) in [6, 6.07) is 11.0. The zero-order valence-electron chi connectivity index (χ0n) is 17.8. The van der Waals surface area contributed by atoms with Gasteiger partial charge in [0, 0.05) is 13.1 Å². The van der Waals surface area contributed by atoms with Gasteiger partial charge < -0.3 is 9.64 Å². The van der Waals surface area contributed by atoms with Crippen molar-refractivity contribution in [2.75, 3.05) is 25.1 Å². The Morgan fingerprint density at radius 3 is 2.69 bits per heavy atom. The van der Waals surface area contributed by atoms with E-state index >= 15 is 0 Å². The fraction of sp³-hybridized carbons (Fsp3) is 0.375. The number of benzene rings is 2. The summed E-state index contributed by atoms with van der Waals surface area (Å²) in [6.07, 6.45) is 1.87. The number of amides is 4. The number of urea groups is 1. The number of para-hydroxylation sites is 1. The lowest BCUT2D eigenvalue weighted by atomic mass is 9.68. The van der Waals surface area contributed by atoms with Gasteiger partial charge in [0.2, 0.25) is 11.8 Å². The molecule has 32 heavy (non-hydrogen) atoms. The molecule has 3 aliphatic heterocycles. The van der Waals surface area contributed by atoms with Crippen molar-refractivity contribution in [3.63, 3.8) is 0 Å². The summed E-state index contributed by atoms with van der Waals surface area (Å²) >= 11 is 0. The second-order valence-electron chi connectivity index (χ2n) is 8.56. The minimum atomic E-state index is -1.44. The first kappa shape index (κ1) is 20.5. The van der Waals surface area contributed by atoms with Gasteiger partial charge in [-0.15, -0.1) is 0 Å². The van der Waals surface area contributed by atoms with Crippen molar-refractivity contribution in [1.82, 2.24) is 10.2 Å². The maximum absolute atomic E-state index is 14.7. The van der Waals surface area contributed by atoms with E-state index in [2.05, 4.69) is 5.32 Å². The molecular formula is C24H24FN3O4. The second kappa shape index (κ2) is 7.62. The molecule has 166 valence electrons. The van der Waals surface area contributed by atoms with Crippen LogP contribution >= 0.6 is 0 Å². The van der Waals surface area contributed by atoms with Gasteiger partial charge in [-0.2, -0.15) is 0 Å². The van der Waals surface area contributed by atoms with Gasteiger partial charge in [0.15, 0.2) is 5.41 Å². The first-order chi connectivity index (χ1) is 15.5. The van der Waals surface area contributed by atoms with Crippen molar-refractivity contribution >= 4 is 23.5 Å². The molecule has 2 saturated heterocycles. The maximum atomic E-state index is 14.7. The zero-order valence-corrected chi connectivity index (χ0v) is 17.8. The topological polar surface area (TPSA) is 79.0 Å². The molecule has 2 atom stereocenters. The number of carbonyl (C=O) groups excluding carboxylic acids is 3. The number of rotatable bonds is 4. The number of imide groups is 2. The summed E-state index contributed by atoms with van der Waals surface area (Å²) in [7, 11) is 1.59. The predicted molar refractivity (Wildman–Crippen MR) is 115 cm³/mol. The highest BCUT2D eigenvalue weighted by atomic mass is 19.1. The van der Waals surface area contributed by atoms with Crippen molar-refractivity contribution in [3.05, 3.63) is 59.4 Å². The SMILES string of the molecule is COc1ccc(CCN2C(=O)NC(=O)[C@@]3(Cc4cccc(F)c4N4CCC[C@@H]43)C2=O)cc1. The average molecular weight is 437 g/mol. The number of halogens is 1. The molecule has 1 spiro atoms. The molecule has 7 nitrogen and oxygen atoms in total. The fourth-order valence-corrected chi connectivity index (χ4v) is 5.38. The predicted octanol–water partition coefficient (Wildman–Crippen LogP) is 2.67. The second-order valence-corrected chi connectivity index (χ2v) is 8.56. The van der Waals surface area contributed by atoms with Crippen LogP contribution in [-0.2, 0) is 22.4 Å². The quantitative estimate of drug-likeness (QED) is 0.744. The number of carbonyl (C=O) groups is 3. The van der Waals surface area contributed by atoms with Gasteiger partial charge >= 0.3 is 6.03 Å². The number of hydrogen-bond donors (Lipinski definition) is 1. The molecule has 0 bridgehead atoms. The number of nitrogens with one attached hydrogen (secondary N) is 1. The van der Waals surface area contributed by atoms with Gasteiger partial charge in [-0.05, 0) is 55.0 Å². The molecular weight excluding hydrogens is 413 g/mol. The lowest BCUT2D eigenvalue weighted by molar-refractivity contribution is -0.153. The van der Waals surface area contributed by atoms with E-state index in [1.165, 1.54) is 6.07 Å². The number of barbiturate groups is 1. The minimum absolute atomic E-state index is 0.0816. The Labute approximate surface area is 185 Å². The number of methoxy groups -OCH3 is 1. The molecule has 3 heterocycles. The Kier molecular flexibility index (Phi) is 4.87. The van der Waals surface area contributed by atoms with Crippen LogP contribution in [0, 0.1) is 11.2 Å². The molecule has 2 aromatic rings. The Balaban J connectivity index is 1.47. The van der Waals surface area contributed by atoms with Crippen LogP contribution in [0.3, 0.4) is 0 Å². The Hall–Kier alpha value is -3.42. The third-order valence-corrected chi connectivity index (χ3v) is 6.93. The summed E-state index contributed by atoms with van der Waals surface area (Å²) in [5.74, 6) is -0.702. The Morgan fingerprint density at radius 1 is 1.16 bits per heavy atom. The lowest BCUT2D eigenvalue weighted by Gasteiger charge is -2.49. The molecule has 1 N–H and O–H groups in total. The molecule has 0 aromatic heterocycles. The molecule has 4 amide bonds. The monoisotopic (exact) mass is 437 g/mol. The maximum Gasteiger partial charge on any atom is 0.330 e. The van der Waals surface area contributed by atoms with E-state index in [4.69, 9.17) is 4.74 Å². The van der Waals surface area contributed by atoms with E-state index < -0.39 is 29.3 Å². The van der Waals surface area contributed by atoms with Gasteiger partial charge in [-0.25, -0.2) is 9.18 Å². The summed E-state index contributed by atoms with van der Waals surface area (Å²) in [6.45, 7) is 0.718. The molecule has 8 heteroatoms. The van der Waals surface area contributed by atoms with Crippen LogP contribution in [-0.4, -0.2) is 49.0 Å². The highest BCUT2D eigenvalue weighted by Gasteiger charge is 2.62. The van der Waals surface area contributed by atoms with Crippen molar-refractivity contribution in [3.8, 4) is 5.75 Å². The largest absolute Gasteiger partial charge is 0.497 e. The van der Waals surface area contributed by atoms with E-state index in [0.29, 0.717) is 30.6 Å². The van der Waals surface area contributed by atoms with Crippen LogP contribution in [0.1, 0.15) is 24.0 Å². The molecule has 2 fully saturated rings. The molecule has 2 aromatic carbocycles. The molecule has 0 aliphatic carbocycles. The van der Waals surface area contributed by atoms with E-state index in [-0.39, 0.29) is 18.8 Å². The van der Waals surface area contributed by atoms with Crippen LogP contribution in [0.5, 0.6) is 5.75 Å². The summed E-state index contributed by atoms with van der Waals surface area (Å²) < 4.78 is 19.8. The first-order valence-electron chi connectivity index (χ1n) is 10.8. The highest BCUT2D eigenvalue weighted by molar-refractivity contribution is 6.20. The van der Waals surface area contributed by atoms with Crippen LogP contribution < -0.4 is 15.0 Å². The molecule has 5 rings (SSSR count). The molecule has 3 aliphatic rings. The number of fused-ring (bicyclic) bond motifs is 4. The van der Waals surface area contributed by atoms with Crippen molar-refractivity contribution in [1.29, 1.82) is 0 Å². The van der Waals surface area contributed by atoms with Crippen LogP contribution in [0.4, 0.5) is 14.9 Å². The highest BCUT2D eigenvalue weighted by Crippen LogP contribution is 2.49. The zero-order chi connectivity index (χ0) is 22.5. The van der Waals surface area contributed by atoms with Gasteiger partial charge in [-0.3, -0.25) is 19.8 Å². The van der Waals surface area contributed by atoms with Crippen LogP contribution in [0.15, 0.2) is 42.5 Å². The first-order valence-corrected chi connectivity index (χ1v) is 10.8. The van der Waals surface area contributed by atoms with Gasteiger partial charge in [0.05, 0.1) is 18.8 Å². The Morgan fingerprint density at radius 2 is 1.94 bits per heavy atom. The van der Waals surface area contributed by atoms with Crippen LogP contribution in [0.25, 0.3) is 0 Å². The van der Waals surface area contributed by atoms with Crippen LogP contribution in [0.2, 0.25) is 0 Å². The summed E-state index contributed by atoms with van der Waals surface area (Å²) in [4.78, 5) is 42.6. The van der Waals surface area contributed by atoms with E-state index in [0.717, 1.165) is 22.6 Å². The smallest absolute Gasteiger partial charge is 0.330 e. The van der Waals surface area contributed by atoms with Crippen molar-refractivity contribution < 1.29 is 23.5 Å². The molecule has 0 radical (unpaired) electrons.